The number of ether oxygens (including phenoxy) is 2. The second kappa shape index (κ2) is 5.19. The molecule has 0 radical (unpaired) electrons. The molecule has 18 heavy (non-hydrogen) atoms. The molecule has 1 fully saturated rings. The first kappa shape index (κ1) is 13.2. The summed E-state index contributed by atoms with van der Waals surface area (Å²) < 4.78 is 11.2. The predicted molar refractivity (Wildman–Crippen MR) is 73.3 cm³/mol. The minimum absolute atomic E-state index is 0.190. The van der Waals surface area contributed by atoms with E-state index in [0.717, 1.165) is 24.5 Å². The molecule has 1 aliphatic rings. The summed E-state index contributed by atoms with van der Waals surface area (Å²) >= 11 is 0. The summed E-state index contributed by atoms with van der Waals surface area (Å²) in [7, 11) is 1.67. The van der Waals surface area contributed by atoms with Crippen LogP contribution in [0, 0.1) is 5.41 Å². The molecule has 2 unspecified atom stereocenters. The molecule has 100 valence electrons. The van der Waals surface area contributed by atoms with Gasteiger partial charge in [-0.15, -0.1) is 0 Å². The summed E-state index contributed by atoms with van der Waals surface area (Å²) in [6.45, 7) is 7.69. The number of hydrogen-bond donors (Lipinski definition) is 1. The molecular weight excluding hydrogens is 226 g/mol. The monoisotopic (exact) mass is 249 g/mol. The van der Waals surface area contributed by atoms with Crippen molar-refractivity contribution < 1.29 is 9.47 Å². The van der Waals surface area contributed by atoms with Crippen LogP contribution in [0.1, 0.15) is 27.2 Å². The van der Waals surface area contributed by atoms with E-state index in [1.165, 1.54) is 0 Å². The molecule has 1 saturated carbocycles. The molecular formula is C15H23NO2. The average molecular weight is 249 g/mol. The van der Waals surface area contributed by atoms with Crippen molar-refractivity contribution in [3.05, 3.63) is 24.3 Å². The zero-order chi connectivity index (χ0) is 13.2. The first-order valence-electron chi connectivity index (χ1n) is 6.62. The van der Waals surface area contributed by atoms with Crippen LogP contribution in [0.15, 0.2) is 24.3 Å². The molecule has 0 aliphatic heterocycles. The lowest BCUT2D eigenvalue weighted by molar-refractivity contribution is -0.0541. The van der Waals surface area contributed by atoms with Crippen LogP contribution in [0.4, 0.5) is 0 Å². The first-order valence-corrected chi connectivity index (χ1v) is 6.62. The van der Waals surface area contributed by atoms with E-state index in [9.17, 15) is 0 Å². The molecule has 1 aromatic carbocycles. The van der Waals surface area contributed by atoms with Crippen LogP contribution < -0.4 is 14.8 Å². The van der Waals surface area contributed by atoms with Crippen LogP contribution in [0.25, 0.3) is 0 Å². The SMILES string of the molecule is CCNC1CC(Oc2ccc(OC)cc2)C1(C)C. The van der Waals surface area contributed by atoms with Gasteiger partial charge in [0.15, 0.2) is 0 Å². The van der Waals surface area contributed by atoms with Crippen molar-refractivity contribution in [3.63, 3.8) is 0 Å². The van der Waals surface area contributed by atoms with Gasteiger partial charge in [-0.05, 0) is 30.8 Å². The summed E-state index contributed by atoms with van der Waals surface area (Å²) in [5.74, 6) is 1.78. The molecule has 3 heteroatoms. The highest BCUT2D eigenvalue weighted by Gasteiger charge is 2.49. The van der Waals surface area contributed by atoms with Gasteiger partial charge in [0.1, 0.15) is 17.6 Å². The lowest BCUT2D eigenvalue weighted by atomic mass is 9.64. The number of rotatable bonds is 5. The van der Waals surface area contributed by atoms with Gasteiger partial charge in [-0.1, -0.05) is 20.8 Å². The molecule has 1 aliphatic carbocycles. The maximum Gasteiger partial charge on any atom is 0.120 e. The van der Waals surface area contributed by atoms with Crippen molar-refractivity contribution in [1.29, 1.82) is 0 Å². The van der Waals surface area contributed by atoms with Gasteiger partial charge in [0, 0.05) is 17.9 Å². The Kier molecular flexibility index (Phi) is 3.81. The fourth-order valence-corrected chi connectivity index (χ4v) is 2.50. The summed E-state index contributed by atoms with van der Waals surface area (Å²) in [4.78, 5) is 0. The zero-order valence-electron chi connectivity index (χ0n) is 11.7. The largest absolute Gasteiger partial charge is 0.497 e. The van der Waals surface area contributed by atoms with E-state index in [0.29, 0.717) is 6.04 Å². The van der Waals surface area contributed by atoms with Crippen molar-refractivity contribution in [3.8, 4) is 11.5 Å². The summed E-state index contributed by atoms with van der Waals surface area (Å²) in [5, 5.41) is 3.51. The fraction of sp³-hybridized carbons (Fsp3) is 0.600. The Balaban J connectivity index is 1.94. The lowest BCUT2D eigenvalue weighted by Crippen LogP contribution is -2.62. The fourth-order valence-electron chi connectivity index (χ4n) is 2.50. The Morgan fingerprint density at radius 3 is 2.33 bits per heavy atom. The van der Waals surface area contributed by atoms with Crippen molar-refractivity contribution in [2.75, 3.05) is 13.7 Å². The molecule has 3 nitrogen and oxygen atoms in total. The van der Waals surface area contributed by atoms with E-state index >= 15 is 0 Å². The molecule has 1 N–H and O–H groups in total. The molecule has 0 saturated heterocycles. The number of benzene rings is 1. The van der Waals surface area contributed by atoms with Gasteiger partial charge < -0.3 is 14.8 Å². The van der Waals surface area contributed by atoms with E-state index < -0.39 is 0 Å². The standard InChI is InChI=1S/C15H23NO2/c1-5-16-13-10-14(15(13,2)3)18-12-8-6-11(17-4)7-9-12/h6-9,13-14,16H,5,10H2,1-4H3. The third-order valence-electron chi connectivity index (χ3n) is 3.97. The molecule has 0 heterocycles. The predicted octanol–water partition coefficient (Wildman–Crippen LogP) is 2.85. The van der Waals surface area contributed by atoms with Crippen molar-refractivity contribution >= 4 is 0 Å². The van der Waals surface area contributed by atoms with Gasteiger partial charge >= 0.3 is 0 Å². The van der Waals surface area contributed by atoms with E-state index in [1.54, 1.807) is 7.11 Å². The average Bonchev–Trinajstić information content (AvgIpc) is 2.38. The van der Waals surface area contributed by atoms with Crippen LogP contribution in [-0.2, 0) is 0 Å². The van der Waals surface area contributed by atoms with Gasteiger partial charge in [0.25, 0.3) is 0 Å². The second-order valence-corrected chi connectivity index (χ2v) is 5.45. The molecule has 0 aromatic heterocycles. The van der Waals surface area contributed by atoms with Crippen LogP contribution in [0.5, 0.6) is 11.5 Å². The number of methoxy groups -OCH3 is 1. The van der Waals surface area contributed by atoms with Gasteiger partial charge in [-0.3, -0.25) is 0 Å². The third kappa shape index (κ3) is 2.46. The van der Waals surface area contributed by atoms with E-state index in [1.807, 2.05) is 24.3 Å². The summed E-state index contributed by atoms with van der Waals surface area (Å²) in [5.41, 5.74) is 0.190. The van der Waals surface area contributed by atoms with Crippen molar-refractivity contribution in [2.24, 2.45) is 5.41 Å². The topological polar surface area (TPSA) is 30.5 Å². The Hall–Kier alpha value is -1.22. The molecule has 0 amide bonds. The highest BCUT2D eigenvalue weighted by molar-refractivity contribution is 5.31. The zero-order valence-corrected chi connectivity index (χ0v) is 11.7. The Morgan fingerprint density at radius 1 is 1.22 bits per heavy atom. The molecule has 2 rings (SSSR count). The third-order valence-corrected chi connectivity index (χ3v) is 3.97. The summed E-state index contributed by atoms with van der Waals surface area (Å²) in [6, 6.07) is 8.36. The van der Waals surface area contributed by atoms with Crippen LogP contribution >= 0.6 is 0 Å². The Morgan fingerprint density at radius 2 is 1.83 bits per heavy atom. The van der Waals surface area contributed by atoms with E-state index in [4.69, 9.17) is 9.47 Å². The molecule has 1 aromatic rings. The number of hydrogen-bond acceptors (Lipinski definition) is 3. The van der Waals surface area contributed by atoms with E-state index in [-0.39, 0.29) is 11.5 Å². The minimum Gasteiger partial charge on any atom is -0.497 e. The van der Waals surface area contributed by atoms with Crippen molar-refractivity contribution in [1.82, 2.24) is 5.32 Å². The normalized spacial score (nSPS) is 25.3. The Bertz CT molecular complexity index is 386. The van der Waals surface area contributed by atoms with Crippen LogP contribution in [0.3, 0.4) is 0 Å². The summed E-state index contributed by atoms with van der Waals surface area (Å²) in [6.07, 6.45) is 1.36. The molecule has 2 atom stereocenters. The van der Waals surface area contributed by atoms with Gasteiger partial charge in [-0.25, -0.2) is 0 Å². The lowest BCUT2D eigenvalue weighted by Gasteiger charge is -2.51. The highest BCUT2D eigenvalue weighted by atomic mass is 16.5. The van der Waals surface area contributed by atoms with Crippen LogP contribution in [-0.4, -0.2) is 25.8 Å². The molecule has 0 bridgehead atoms. The van der Waals surface area contributed by atoms with E-state index in [2.05, 4.69) is 26.1 Å². The highest BCUT2D eigenvalue weighted by Crippen LogP contribution is 2.43. The van der Waals surface area contributed by atoms with Gasteiger partial charge in [-0.2, -0.15) is 0 Å². The maximum absolute atomic E-state index is 6.05. The van der Waals surface area contributed by atoms with Crippen LogP contribution in [0.2, 0.25) is 0 Å². The number of nitrogens with one attached hydrogen (secondary N) is 1. The quantitative estimate of drug-likeness (QED) is 0.870. The van der Waals surface area contributed by atoms with Gasteiger partial charge in [0.05, 0.1) is 7.11 Å². The maximum atomic E-state index is 6.05. The van der Waals surface area contributed by atoms with Crippen molar-refractivity contribution in [2.45, 2.75) is 39.3 Å². The minimum atomic E-state index is 0.190. The second-order valence-electron chi connectivity index (χ2n) is 5.45. The Labute approximate surface area is 109 Å². The van der Waals surface area contributed by atoms with Gasteiger partial charge in [0.2, 0.25) is 0 Å². The first-order chi connectivity index (χ1) is 8.57. The molecule has 0 spiro atoms. The smallest absolute Gasteiger partial charge is 0.120 e.